The summed E-state index contributed by atoms with van der Waals surface area (Å²) in [6.45, 7) is 2.99. The van der Waals surface area contributed by atoms with Crippen molar-refractivity contribution in [1.29, 1.82) is 0 Å². The number of hydrogen-bond donors (Lipinski definition) is 0. The predicted molar refractivity (Wildman–Crippen MR) is 31.4 cm³/mol. The van der Waals surface area contributed by atoms with Crippen molar-refractivity contribution >= 4 is 17.6 Å². The van der Waals surface area contributed by atoms with Crippen LogP contribution in [-0.2, 0) is 9.53 Å². The quantitative estimate of drug-likeness (QED) is 0.431. The second kappa shape index (κ2) is 4.91. The lowest BCUT2D eigenvalue weighted by atomic mass is 10.5. The molecule has 0 saturated carbocycles. The van der Waals surface area contributed by atoms with Gasteiger partial charge in [0.2, 0.25) is 0 Å². The van der Waals surface area contributed by atoms with Crippen LogP contribution in [0.3, 0.4) is 0 Å². The van der Waals surface area contributed by atoms with Crippen LogP contribution in [-0.4, -0.2) is 11.8 Å². The Balaban J connectivity index is 3.06. The van der Waals surface area contributed by atoms with Crippen molar-refractivity contribution in [2.75, 3.05) is 5.88 Å². The number of esters is 1. The lowest BCUT2D eigenvalue weighted by Gasteiger charge is -1.94. The van der Waals surface area contributed by atoms with Gasteiger partial charge in [-0.25, -0.2) is 0 Å². The lowest BCUT2D eigenvalue weighted by molar-refractivity contribution is -0.139. The summed E-state index contributed by atoms with van der Waals surface area (Å²) >= 11 is 5.22. The van der Waals surface area contributed by atoms with E-state index in [-0.39, 0.29) is 12.4 Å². The van der Waals surface area contributed by atoms with Crippen LogP contribution in [0.2, 0.25) is 0 Å². The maximum atomic E-state index is 10.3. The minimum absolute atomic E-state index is 0.275. The Labute approximate surface area is 53.8 Å². The molecular formula is C5H8ClO2. The Morgan fingerprint density at radius 2 is 2.50 bits per heavy atom. The van der Waals surface area contributed by atoms with Gasteiger partial charge in [-0.05, 0) is 6.92 Å². The zero-order valence-electron chi connectivity index (χ0n) is 4.69. The van der Waals surface area contributed by atoms with Gasteiger partial charge in [0.1, 0.15) is 6.61 Å². The topological polar surface area (TPSA) is 26.3 Å². The monoisotopic (exact) mass is 135 g/mol. The van der Waals surface area contributed by atoms with Gasteiger partial charge in [0.15, 0.2) is 0 Å². The van der Waals surface area contributed by atoms with Gasteiger partial charge in [0, 0.05) is 5.88 Å². The fourth-order valence-electron chi connectivity index (χ4n) is 0.268. The van der Waals surface area contributed by atoms with Crippen LogP contribution >= 0.6 is 11.6 Å². The van der Waals surface area contributed by atoms with Crippen LogP contribution in [0.25, 0.3) is 0 Å². The van der Waals surface area contributed by atoms with E-state index in [9.17, 15) is 4.79 Å². The van der Waals surface area contributed by atoms with Gasteiger partial charge in [-0.3, -0.25) is 4.79 Å². The van der Waals surface area contributed by atoms with Gasteiger partial charge < -0.3 is 4.74 Å². The number of ether oxygens (including phenoxy) is 1. The fraction of sp³-hybridized carbons (Fsp3) is 0.600. The highest BCUT2D eigenvalue weighted by Crippen LogP contribution is 1.89. The molecule has 0 aliphatic rings. The van der Waals surface area contributed by atoms with Gasteiger partial charge >= 0.3 is 5.97 Å². The normalized spacial score (nSPS) is 8.75. The second-order valence-corrected chi connectivity index (χ2v) is 1.54. The molecule has 1 radical (unpaired) electrons. The molecule has 0 rings (SSSR count). The summed E-state index contributed by atoms with van der Waals surface area (Å²) in [6.07, 6.45) is 0.284. The molecule has 0 aromatic rings. The minimum atomic E-state index is -0.275. The fourth-order valence-corrected chi connectivity index (χ4v) is 0.422. The van der Waals surface area contributed by atoms with E-state index in [0.29, 0.717) is 5.88 Å². The van der Waals surface area contributed by atoms with Crippen LogP contribution in [0, 0.1) is 6.61 Å². The van der Waals surface area contributed by atoms with E-state index in [1.165, 1.54) is 6.61 Å². The van der Waals surface area contributed by atoms with Gasteiger partial charge in [0.25, 0.3) is 0 Å². The van der Waals surface area contributed by atoms with Crippen LogP contribution in [0.15, 0.2) is 0 Å². The SMILES string of the molecule is C[CH]OC(=O)CCCl. The first kappa shape index (κ1) is 7.76. The number of rotatable bonds is 3. The Kier molecular flexibility index (Phi) is 4.76. The van der Waals surface area contributed by atoms with Crippen LogP contribution < -0.4 is 0 Å². The molecule has 0 aliphatic heterocycles. The zero-order valence-corrected chi connectivity index (χ0v) is 5.44. The molecule has 0 N–H and O–H groups in total. The van der Waals surface area contributed by atoms with Crippen LogP contribution in [0.5, 0.6) is 0 Å². The highest BCUT2D eigenvalue weighted by atomic mass is 35.5. The highest BCUT2D eigenvalue weighted by molar-refractivity contribution is 6.18. The standard InChI is InChI=1S/C5H8ClO2/c1-2-8-5(7)3-4-6/h2H,3-4H2,1H3. The Bertz CT molecular complexity index is 64.8. The van der Waals surface area contributed by atoms with E-state index in [4.69, 9.17) is 11.6 Å². The highest BCUT2D eigenvalue weighted by Gasteiger charge is 1.96. The van der Waals surface area contributed by atoms with Gasteiger partial charge in [-0.2, -0.15) is 0 Å². The Morgan fingerprint density at radius 3 is 2.88 bits per heavy atom. The van der Waals surface area contributed by atoms with Crippen molar-refractivity contribution < 1.29 is 9.53 Å². The summed E-state index contributed by atoms with van der Waals surface area (Å²) in [5.74, 6) is 0.0506. The largest absolute Gasteiger partial charge is 0.459 e. The summed E-state index contributed by atoms with van der Waals surface area (Å²) in [5, 5.41) is 0. The van der Waals surface area contributed by atoms with E-state index >= 15 is 0 Å². The molecule has 0 spiro atoms. The second-order valence-electron chi connectivity index (χ2n) is 1.16. The third kappa shape index (κ3) is 3.93. The third-order valence-corrected chi connectivity index (χ3v) is 0.737. The number of hydrogen-bond acceptors (Lipinski definition) is 2. The summed E-state index contributed by atoms with van der Waals surface area (Å²) in [4.78, 5) is 10.3. The first-order chi connectivity index (χ1) is 3.81. The molecule has 0 aromatic carbocycles. The van der Waals surface area contributed by atoms with Crippen molar-refractivity contribution in [2.24, 2.45) is 0 Å². The van der Waals surface area contributed by atoms with Crippen LogP contribution in [0.4, 0.5) is 0 Å². The summed E-state index contributed by atoms with van der Waals surface area (Å²) < 4.78 is 4.43. The molecule has 0 fully saturated rings. The molecule has 0 aromatic heterocycles. The maximum absolute atomic E-state index is 10.3. The summed E-state index contributed by atoms with van der Waals surface area (Å²) in [5.41, 5.74) is 0. The molecule has 2 nitrogen and oxygen atoms in total. The van der Waals surface area contributed by atoms with Crippen molar-refractivity contribution in [3.05, 3.63) is 6.61 Å². The third-order valence-electron chi connectivity index (χ3n) is 0.548. The van der Waals surface area contributed by atoms with Gasteiger partial charge in [-0.15, -0.1) is 11.6 Å². The molecule has 0 heterocycles. The Hall–Kier alpha value is -0.240. The number of halogens is 1. The first-order valence-corrected chi connectivity index (χ1v) is 2.88. The predicted octanol–water partition coefficient (Wildman–Crippen LogP) is 1.34. The molecule has 0 unspecified atom stereocenters. The smallest absolute Gasteiger partial charge is 0.307 e. The average Bonchev–Trinajstić information content (AvgIpc) is 1.68. The summed E-state index contributed by atoms with van der Waals surface area (Å²) in [7, 11) is 0. The zero-order chi connectivity index (χ0) is 6.41. The first-order valence-electron chi connectivity index (χ1n) is 2.34. The average molecular weight is 136 g/mol. The van der Waals surface area contributed by atoms with E-state index in [1.807, 2.05) is 0 Å². The number of carbonyl (C=O) groups is 1. The van der Waals surface area contributed by atoms with E-state index < -0.39 is 0 Å². The molecule has 47 valence electrons. The van der Waals surface area contributed by atoms with Crippen molar-refractivity contribution in [1.82, 2.24) is 0 Å². The molecule has 3 heteroatoms. The van der Waals surface area contributed by atoms with E-state index in [1.54, 1.807) is 6.92 Å². The maximum Gasteiger partial charge on any atom is 0.307 e. The molecule has 0 aliphatic carbocycles. The molecular weight excluding hydrogens is 128 g/mol. The number of alkyl halides is 1. The molecule has 0 bridgehead atoms. The summed E-state index contributed by atoms with van der Waals surface area (Å²) in [6, 6.07) is 0. The molecule has 8 heavy (non-hydrogen) atoms. The van der Waals surface area contributed by atoms with Gasteiger partial charge in [-0.1, -0.05) is 0 Å². The molecule has 0 amide bonds. The van der Waals surface area contributed by atoms with Crippen molar-refractivity contribution in [3.63, 3.8) is 0 Å². The van der Waals surface area contributed by atoms with Crippen molar-refractivity contribution in [3.8, 4) is 0 Å². The molecule has 0 saturated heterocycles. The van der Waals surface area contributed by atoms with E-state index in [0.717, 1.165) is 0 Å². The molecule has 0 atom stereocenters. The van der Waals surface area contributed by atoms with Crippen LogP contribution in [0.1, 0.15) is 13.3 Å². The number of carbonyl (C=O) groups excluding carboxylic acids is 1. The minimum Gasteiger partial charge on any atom is -0.459 e. The van der Waals surface area contributed by atoms with Crippen molar-refractivity contribution in [2.45, 2.75) is 13.3 Å². The van der Waals surface area contributed by atoms with Gasteiger partial charge in [0.05, 0.1) is 6.42 Å². The van der Waals surface area contributed by atoms with E-state index in [2.05, 4.69) is 4.74 Å². The lowest BCUT2D eigenvalue weighted by Crippen LogP contribution is -2.00. The Morgan fingerprint density at radius 1 is 1.88 bits per heavy atom.